The van der Waals surface area contributed by atoms with Crippen LogP contribution in [0.2, 0.25) is 0 Å². The van der Waals surface area contributed by atoms with Gasteiger partial charge in [0.1, 0.15) is 0 Å². The number of hydrogen-bond acceptors (Lipinski definition) is 0. The summed E-state index contributed by atoms with van der Waals surface area (Å²) in [6, 6.07) is 21.1. The van der Waals surface area contributed by atoms with E-state index in [-0.39, 0.29) is 24.8 Å². The van der Waals surface area contributed by atoms with Gasteiger partial charge in [-0.25, -0.2) is 9.13 Å². The quantitative estimate of drug-likeness (QED) is 0.436. The van der Waals surface area contributed by atoms with E-state index in [1.54, 1.807) is 0 Å². The Labute approximate surface area is 143 Å². The van der Waals surface area contributed by atoms with Gasteiger partial charge in [-0.15, -0.1) is 0 Å². The van der Waals surface area contributed by atoms with E-state index in [9.17, 15) is 0 Å². The summed E-state index contributed by atoms with van der Waals surface area (Å²) in [6.45, 7) is 1.83. The number of benzene rings is 1. The number of halogens is 2. The molecule has 0 unspecified atom stereocenters. The maximum atomic E-state index is 2.21. The number of rotatable bonds is 4. The van der Waals surface area contributed by atoms with Crippen molar-refractivity contribution in [3.8, 4) is 0 Å². The van der Waals surface area contributed by atoms with Gasteiger partial charge in [-0.2, -0.15) is 0 Å². The SMILES string of the molecule is [Cl-].[Cl-].c1cc[n+](Cc2ccc(C[n+]3ccccc3)cc2)cc1. The van der Waals surface area contributed by atoms with Crippen molar-refractivity contribution in [3.63, 3.8) is 0 Å². The molecule has 2 heterocycles. The van der Waals surface area contributed by atoms with Crippen LogP contribution in [0.25, 0.3) is 0 Å². The van der Waals surface area contributed by atoms with Crippen LogP contribution in [-0.4, -0.2) is 0 Å². The first-order valence-corrected chi connectivity index (χ1v) is 6.86. The predicted octanol–water partition coefficient (Wildman–Crippen LogP) is -3.63. The van der Waals surface area contributed by atoms with E-state index < -0.39 is 0 Å². The molecule has 0 radical (unpaired) electrons. The molecule has 0 fully saturated rings. The lowest BCUT2D eigenvalue weighted by Crippen LogP contribution is -3.00. The van der Waals surface area contributed by atoms with Crippen LogP contribution >= 0.6 is 0 Å². The van der Waals surface area contributed by atoms with Crippen LogP contribution in [-0.2, 0) is 13.1 Å². The minimum absolute atomic E-state index is 0. The fraction of sp³-hybridized carbons (Fsp3) is 0.111. The van der Waals surface area contributed by atoms with Gasteiger partial charge < -0.3 is 24.8 Å². The molecule has 22 heavy (non-hydrogen) atoms. The number of pyridine rings is 2. The molecular weight excluding hydrogens is 315 g/mol. The van der Waals surface area contributed by atoms with E-state index in [1.807, 2.05) is 12.1 Å². The zero-order valence-electron chi connectivity index (χ0n) is 12.1. The Hall–Kier alpha value is -1.90. The average Bonchev–Trinajstić information content (AvgIpc) is 2.51. The van der Waals surface area contributed by atoms with Gasteiger partial charge in [-0.1, -0.05) is 36.4 Å². The van der Waals surface area contributed by atoms with E-state index in [0.29, 0.717) is 0 Å². The van der Waals surface area contributed by atoms with Gasteiger partial charge in [0, 0.05) is 35.4 Å². The minimum Gasteiger partial charge on any atom is -1.00 e. The smallest absolute Gasteiger partial charge is 0.173 e. The van der Waals surface area contributed by atoms with Crippen molar-refractivity contribution < 1.29 is 33.9 Å². The summed E-state index contributed by atoms with van der Waals surface area (Å²) in [5, 5.41) is 0. The Morgan fingerprint density at radius 1 is 0.500 bits per heavy atom. The van der Waals surface area contributed by atoms with Gasteiger partial charge in [-0.05, 0) is 0 Å². The Kier molecular flexibility index (Phi) is 7.58. The van der Waals surface area contributed by atoms with Crippen LogP contribution in [0.5, 0.6) is 0 Å². The molecule has 2 nitrogen and oxygen atoms in total. The second kappa shape index (κ2) is 9.19. The van der Waals surface area contributed by atoms with Gasteiger partial charge in [-0.3, -0.25) is 0 Å². The summed E-state index contributed by atoms with van der Waals surface area (Å²) in [5.74, 6) is 0. The standard InChI is InChI=1S/C18H18N2.2ClH/c1-3-11-19(12-4-1)15-17-7-9-18(10-8-17)16-20-13-5-2-6-14-20;;/h1-14H,15-16H2;2*1H/q+2;;/p-2. The third-order valence-corrected chi connectivity index (χ3v) is 3.31. The van der Waals surface area contributed by atoms with Crippen LogP contribution in [0, 0.1) is 0 Å². The maximum absolute atomic E-state index is 2.21. The fourth-order valence-corrected chi connectivity index (χ4v) is 2.25. The van der Waals surface area contributed by atoms with Crippen molar-refractivity contribution >= 4 is 0 Å². The van der Waals surface area contributed by atoms with E-state index in [2.05, 4.69) is 82.5 Å². The maximum Gasteiger partial charge on any atom is 0.173 e. The average molecular weight is 333 g/mol. The van der Waals surface area contributed by atoms with Crippen molar-refractivity contribution in [1.29, 1.82) is 0 Å². The molecular formula is C18H18Cl2N2. The fourth-order valence-electron chi connectivity index (χ4n) is 2.25. The summed E-state index contributed by atoms with van der Waals surface area (Å²) < 4.78 is 4.36. The molecule has 0 atom stereocenters. The molecule has 0 aliphatic heterocycles. The van der Waals surface area contributed by atoms with Crippen molar-refractivity contribution in [2.45, 2.75) is 13.1 Å². The van der Waals surface area contributed by atoms with Gasteiger partial charge in [0.05, 0.1) is 0 Å². The molecule has 3 rings (SSSR count). The van der Waals surface area contributed by atoms with Gasteiger partial charge >= 0.3 is 0 Å². The van der Waals surface area contributed by atoms with Crippen LogP contribution in [0.1, 0.15) is 11.1 Å². The zero-order valence-corrected chi connectivity index (χ0v) is 13.7. The number of nitrogens with zero attached hydrogens (tertiary/aromatic N) is 2. The van der Waals surface area contributed by atoms with Crippen LogP contribution < -0.4 is 33.9 Å². The molecule has 4 heteroatoms. The van der Waals surface area contributed by atoms with Gasteiger partial charge in [0.2, 0.25) is 0 Å². The lowest BCUT2D eigenvalue weighted by molar-refractivity contribution is -0.688. The van der Waals surface area contributed by atoms with E-state index in [4.69, 9.17) is 0 Å². The van der Waals surface area contributed by atoms with Crippen LogP contribution in [0.15, 0.2) is 85.5 Å². The summed E-state index contributed by atoms with van der Waals surface area (Å²) in [7, 11) is 0. The highest BCUT2D eigenvalue weighted by Gasteiger charge is 2.04. The molecule has 0 bridgehead atoms. The molecule has 114 valence electrons. The number of hydrogen-bond donors (Lipinski definition) is 0. The summed E-state index contributed by atoms with van der Waals surface area (Å²) in [4.78, 5) is 0. The lowest BCUT2D eigenvalue weighted by Gasteiger charge is -2.00. The molecule has 0 N–H and O–H groups in total. The highest BCUT2D eigenvalue weighted by Crippen LogP contribution is 2.04. The largest absolute Gasteiger partial charge is 1.00 e. The summed E-state index contributed by atoms with van der Waals surface area (Å²) in [5.41, 5.74) is 2.64. The van der Waals surface area contributed by atoms with E-state index >= 15 is 0 Å². The Morgan fingerprint density at radius 2 is 0.818 bits per heavy atom. The summed E-state index contributed by atoms with van der Waals surface area (Å²) in [6.07, 6.45) is 8.36. The minimum atomic E-state index is 0. The molecule has 0 saturated carbocycles. The first-order chi connectivity index (χ1) is 9.90. The Morgan fingerprint density at radius 3 is 1.14 bits per heavy atom. The normalized spacial score (nSPS) is 9.45. The molecule has 0 aliphatic rings. The number of aromatic nitrogens is 2. The lowest BCUT2D eigenvalue weighted by atomic mass is 10.1. The highest BCUT2D eigenvalue weighted by atomic mass is 35.5. The Bertz CT molecular complexity index is 595. The van der Waals surface area contributed by atoms with Crippen molar-refractivity contribution in [2.24, 2.45) is 0 Å². The molecule has 3 aromatic rings. The zero-order chi connectivity index (χ0) is 13.6. The first kappa shape index (κ1) is 18.1. The van der Waals surface area contributed by atoms with Crippen molar-refractivity contribution in [1.82, 2.24) is 0 Å². The van der Waals surface area contributed by atoms with Crippen molar-refractivity contribution in [3.05, 3.63) is 96.6 Å². The molecule has 1 aromatic carbocycles. The molecule has 0 saturated heterocycles. The molecule has 0 spiro atoms. The monoisotopic (exact) mass is 332 g/mol. The van der Waals surface area contributed by atoms with Crippen molar-refractivity contribution in [2.75, 3.05) is 0 Å². The predicted molar refractivity (Wildman–Crippen MR) is 77.9 cm³/mol. The second-order valence-electron chi connectivity index (χ2n) is 4.91. The Balaban J connectivity index is 0.00000121. The van der Waals surface area contributed by atoms with Gasteiger partial charge in [0.25, 0.3) is 0 Å². The first-order valence-electron chi connectivity index (χ1n) is 6.86. The van der Waals surface area contributed by atoms with E-state index in [1.165, 1.54) is 11.1 Å². The van der Waals surface area contributed by atoms with E-state index in [0.717, 1.165) is 13.1 Å². The van der Waals surface area contributed by atoms with Gasteiger partial charge in [0.15, 0.2) is 37.9 Å². The van der Waals surface area contributed by atoms with Crippen LogP contribution in [0.4, 0.5) is 0 Å². The summed E-state index contributed by atoms with van der Waals surface area (Å²) >= 11 is 0. The van der Waals surface area contributed by atoms with Crippen LogP contribution in [0.3, 0.4) is 0 Å². The topological polar surface area (TPSA) is 7.76 Å². The third-order valence-electron chi connectivity index (χ3n) is 3.31. The third kappa shape index (κ3) is 5.14. The second-order valence-corrected chi connectivity index (χ2v) is 4.91. The molecule has 0 amide bonds. The molecule has 2 aromatic heterocycles. The molecule has 0 aliphatic carbocycles. The highest BCUT2D eigenvalue weighted by molar-refractivity contribution is 5.21.